The van der Waals surface area contributed by atoms with Gasteiger partial charge in [0.05, 0.1) is 12.5 Å². The van der Waals surface area contributed by atoms with Crippen LogP contribution in [0.1, 0.15) is 6.92 Å². The van der Waals surface area contributed by atoms with Crippen LogP contribution in [0.5, 0.6) is 0 Å². The smallest absolute Gasteiger partial charge is 0.311 e. The summed E-state index contributed by atoms with van der Waals surface area (Å²) in [6.07, 6.45) is 0. The monoisotopic (exact) mass is 211 g/mol. The first kappa shape index (κ1) is 12.1. The van der Waals surface area contributed by atoms with Gasteiger partial charge < -0.3 is 10.5 Å². The van der Waals surface area contributed by atoms with Crippen LogP contribution in [0.4, 0.5) is 0 Å². The van der Waals surface area contributed by atoms with Gasteiger partial charge in [0, 0.05) is 17.5 Å². The van der Waals surface area contributed by atoms with Crippen molar-refractivity contribution in [3.05, 3.63) is 0 Å². The second-order valence-electron chi connectivity index (χ2n) is 2.56. The van der Waals surface area contributed by atoms with Crippen LogP contribution in [-0.2, 0) is 9.53 Å². The molecule has 2 unspecified atom stereocenters. The molecule has 1 saturated heterocycles. The van der Waals surface area contributed by atoms with Gasteiger partial charge in [-0.25, -0.2) is 0 Å². The van der Waals surface area contributed by atoms with Gasteiger partial charge in [0.1, 0.15) is 0 Å². The molecule has 0 spiro atoms. The van der Waals surface area contributed by atoms with Gasteiger partial charge in [-0.1, -0.05) is 0 Å². The Balaban J connectivity index is 0.00000121. The van der Waals surface area contributed by atoms with Crippen LogP contribution in [-0.4, -0.2) is 30.1 Å². The number of carbonyl (C=O) groups excluding carboxylic acids is 1. The molecule has 2 atom stereocenters. The molecule has 0 aliphatic carbocycles. The third kappa shape index (κ3) is 2.84. The van der Waals surface area contributed by atoms with Gasteiger partial charge in [0.15, 0.2) is 0 Å². The molecular weight excluding hydrogens is 198 g/mol. The summed E-state index contributed by atoms with van der Waals surface area (Å²) in [5.41, 5.74) is 5.69. The molecule has 0 aromatic heterocycles. The minimum absolute atomic E-state index is 0. The summed E-state index contributed by atoms with van der Waals surface area (Å²) >= 11 is 1.72. The second kappa shape index (κ2) is 5.67. The standard InChI is InChI=1S/C7H13NO2S.ClH/c1-2-10-7(9)5-3-11-4-6(5)8;/h5-6H,2-4,8H2,1H3;1H. The molecule has 0 saturated carbocycles. The number of rotatable bonds is 2. The Hall–Kier alpha value is 0.0700. The maximum Gasteiger partial charge on any atom is 0.311 e. The Bertz CT molecular complexity index is 156. The summed E-state index contributed by atoms with van der Waals surface area (Å²) in [5, 5.41) is 0. The molecule has 5 heteroatoms. The SMILES string of the molecule is CCOC(=O)C1CSCC1N.Cl. The van der Waals surface area contributed by atoms with E-state index in [1.165, 1.54) is 0 Å². The summed E-state index contributed by atoms with van der Waals surface area (Å²) in [6.45, 7) is 2.26. The summed E-state index contributed by atoms with van der Waals surface area (Å²) in [5.74, 6) is 1.49. The van der Waals surface area contributed by atoms with Crippen LogP contribution in [0.25, 0.3) is 0 Å². The van der Waals surface area contributed by atoms with Crippen LogP contribution in [0.15, 0.2) is 0 Å². The number of hydrogen-bond donors (Lipinski definition) is 1. The minimum Gasteiger partial charge on any atom is -0.466 e. The highest BCUT2D eigenvalue weighted by Crippen LogP contribution is 2.23. The predicted octanol–water partition coefficient (Wildman–Crippen LogP) is 0.662. The summed E-state index contributed by atoms with van der Waals surface area (Å²) in [6, 6.07) is -0.000880. The molecule has 1 aliphatic rings. The molecule has 1 fully saturated rings. The van der Waals surface area contributed by atoms with Gasteiger partial charge >= 0.3 is 5.97 Å². The molecule has 0 radical (unpaired) electrons. The van der Waals surface area contributed by atoms with Crippen molar-refractivity contribution in [1.29, 1.82) is 0 Å². The van der Waals surface area contributed by atoms with Crippen molar-refractivity contribution < 1.29 is 9.53 Å². The van der Waals surface area contributed by atoms with Crippen LogP contribution in [0.2, 0.25) is 0 Å². The third-order valence-corrected chi connectivity index (χ3v) is 2.93. The molecule has 3 nitrogen and oxygen atoms in total. The van der Waals surface area contributed by atoms with E-state index in [-0.39, 0.29) is 30.3 Å². The van der Waals surface area contributed by atoms with Crippen LogP contribution in [0.3, 0.4) is 0 Å². The highest BCUT2D eigenvalue weighted by atomic mass is 35.5. The fourth-order valence-electron chi connectivity index (χ4n) is 1.06. The largest absolute Gasteiger partial charge is 0.466 e. The molecule has 1 rings (SSSR count). The molecule has 1 heterocycles. The fraction of sp³-hybridized carbons (Fsp3) is 0.857. The number of esters is 1. The molecule has 1 aliphatic heterocycles. The lowest BCUT2D eigenvalue weighted by atomic mass is 10.1. The molecule has 2 N–H and O–H groups in total. The summed E-state index contributed by atoms with van der Waals surface area (Å²) in [4.78, 5) is 11.1. The van der Waals surface area contributed by atoms with Crippen molar-refractivity contribution in [2.24, 2.45) is 11.7 Å². The highest BCUT2D eigenvalue weighted by molar-refractivity contribution is 7.99. The Morgan fingerprint density at radius 2 is 2.33 bits per heavy atom. The van der Waals surface area contributed by atoms with Crippen LogP contribution >= 0.6 is 24.2 Å². The van der Waals surface area contributed by atoms with E-state index < -0.39 is 0 Å². The number of nitrogens with two attached hydrogens (primary N) is 1. The van der Waals surface area contributed by atoms with E-state index in [4.69, 9.17) is 10.5 Å². The number of ether oxygens (including phenoxy) is 1. The normalized spacial score (nSPS) is 27.8. The van der Waals surface area contributed by atoms with Gasteiger partial charge in [-0.2, -0.15) is 11.8 Å². The topological polar surface area (TPSA) is 52.3 Å². The highest BCUT2D eigenvalue weighted by Gasteiger charge is 2.31. The van der Waals surface area contributed by atoms with Crippen molar-refractivity contribution in [1.82, 2.24) is 0 Å². The van der Waals surface area contributed by atoms with Gasteiger partial charge in [-0.15, -0.1) is 12.4 Å². The zero-order valence-corrected chi connectivity index (χ0v) is 8.62. The predicted molar refractivity (Wildman–Crippen MR) is 52.7 cm³/mol. The maximum absolute atomic E-state index is 11.1. The number of hydrogen-bond acceptors (Lipinski definition) is 4. The van der Waals surface area contributed by atoms with Crippen molar-refractivity contribution in [2.45, 2.75) is 13.0 Å². The number of thioether (sulfide) groups is 1. The maximum atomic E-state index is 11.1. The Morgan fingerprint density at radius 1 is 1.67 bits per heavy atom. The summed E-state index contributed by atoms with van der Waals surface area (Å²) < 4.78 is 4.86. The van der Waals surface area contributed by atoms with Gasteiger partial charge in [-0.05, 0) is 6.92 Å². The van der Waals surface area contributed by atoms with Crippen molar-refractivity contribution in [2.75, 3.05) is 18.1 Å². The van der Waals surface area contributed by atoms with Crippen molar-refractivity contribution >= 4 is 30.1 Å². The molecule has 0 aromatic carbocycles. The summed E-state index contributed by atoms with van der Waals surface area (Å²) in [7, 11) is 0. The molecule has 0 amide bonds. The molecule has 72 valence electrons. The minimum atomic E-state index is -0.134. The third-order valence-electron chi connectivity index (χ3n) is 1.71. The second-order valence-corrected chi connectivity index (χ2v) is 3.63. The van der Waals surface area contributed by atoms with Gasteiger partial charge in [0.25, 0.3) is 0 Å². The van der Waals surface area contributed by atoms with Crippen LogP contribution < -0.4 is 5.73 Å². The number of halogens is 1. The zero-order chi connectivity index (χ0) is 8.27. The average molecular weight is 212 g/mol. The van der Waals surface area contributed by atoms with E-state index in [2.05, 4.69) is 0 Å². The van der Waals surface area contributed by atoms with Crippen LogP contribution in [0, 0.1) is 5.92 Å². The molecule has 0 aromatic rings. The lowest BCUT2D eigenvalue weighted by molar-refractivity contribution is -0.147. The molecule has 0 bridgehead atoms. The Labute approximate surface area is 82.8 Å². The van der Waals surface area contributed by atoms with E-state index in [1.807, 2.05) is 6.92 Å². The molecular formula is C7H14ClNO2S. The van der Waals surface area contributed by atoms with Crippen molar-refractivity contribution in [3.63, 3.8) is 0 Å². The van der Waals surface area contributed by atoms with Gasteiger partial charge in [-0.3, -0.25) is 4.79 Å². The first-order chi connectivity index (χ1) is 5.25. The zero-order valence-electron chi connectivity index (χ0n) is 6.99. The average Bonchev–Trinajstić information content (AvgIpc) is 2.36. The quantitative estimate of drug-likeness (QED) is 0.682. The number of carbonyl (C=O) groups is 1. The van der Waals surface area contributed by atoms with E-state index in [1.54, 1.807) is 11.8 Å². The van der Waals surface area contributed by atoms with E-state index >= 15 is 0 Å². The Kier molecular flexibility index (Phi) is 5.70. The molecule has 12 heavy (non-hydrogen) atoms. The Morgan fingerprint density at radius 3 is 2.75 bits per heavy atom. The van der Waals surface area contributed by atoms with Crippen molar-refractivity contribution in [3.8, 4) is 0 Å². The first-order valence-corrected chi connectivity index (χ1v) is 4.91. The van der Waals surface area contributed by atoms with E-state index in [0.29, 0.717) is 6.61 Å². The lowest BCUT2D eigenvalue weighted by Crippen LogP contribution is -2.35. The van der Waals surface area contributed by atoms with E-state index in [9.17, 15) is 4.79 Å². The lowest BCUT2D eigenvalue weighted by Gasteiger charge is -2.11. The first-order valence-electron chi connectivity index (χ1n) is 3.75. The van der Waals surface area contributed by atoms with E-state index in [0.717, 1.165) is 11.5 Å². The fourth-order valence-corrected chi connectivity index (χ4v) is 2.34. The van der Waals surface area contributed by atoms with Gasteiger partial charge in [0.2, 0.25) is 0 Å².